The summed E-state index contributed by atoms with van der Waals surface area (Å²) in [5.74, 6) is 0.903. The van der Waals surface area contributed by atoms with Gasteiger partial charge in [0.15, 0.2) is 0 Å². The minimum Gasteiger partial charge on any atom is -0.332 e. The van der Waals surface area contributed by atoms with Crippen LogP contribution in [0.4, 0.5) is 0 Å². The molecule has 2 heteroatoms. The number of fused-ring (bicyclic) bond motifs is 2. The molecule has 4 unspecified atom stereocenters. The van der Waals surface area contributed by atoms with Crippen LogP contribution in [0.25, 0.3) is 0 Å². The Morgan fingerprint density at radius 2 is 1.59 bits per heavy atom. The number of hydrogen-bond acceptors (Lipinski definition) is 0. The molecule has 1 N–H and O–H groups in total. The fraction of sp³-hybridized carbons (Fsp3) is 1.00. The Hall–Kier alpha value is -0.0800. The fourth-order valence-corrected chi connectivity index (χ4v) is 5.39. The van der Waals surface area contributed by atoms with Crippen molar-refractivity contribution in [1.29, 1.82) is 0 Å². The minimum absolute atomic E-state index is 0.505. The van der Waals surface area contributed by atoms with Gasteiger partial charge < -0.3 is 9.38 Å². The quantitative estimate of drug-likeness (QED) is 0.688. The largest absolute Gasteiger partial charge is 0.332 e. The number of likely N-dealkylation sites (N-methyl/N-ethyl adjacent to an activating group) is 2. The summed E-state index contributed by atoms with van der Waals surface area (Å²) < 4.78 is 1.12. The molecule has 17 heavy (non-hydrogen) atoms. The van der Waals surface area contributed by atoms with Gasteiger partial charge in [-0.15, -0.1) is 0 Å². The average molecular weight is 240 g/mol. The van der Waals surface area contributed by atoms with Crippen molar-refractivity contribution in [2.45, 2.75) is 45.7 Å². The van der Waals surface area contributed by atoms with Crippen LogP contribution in [0, 0.1) is 16.7 Å². The van der Waals surface area contributed by atoms with Crippen molar-refractivity contribution in [3.05, 3.63) is 0 Å². The van der Waals surface area contributed by atoms with Crippen LogP contribution in [0.1, 0.15) is 33.6 Å². The topological polar surface area (TPSA) is 4.44 Å². The van der Waals surface area contributed by atoms with Crippen molar-refractivity contribution in [2.24, 2.45) is 16.7 Å². The van der Waals surface area contributed by atoms with Gasteiger partial charge in [-0.3, -0.25) is 0 Å². The molecule has 4 atom stereocenters. The summed E-state index contributed by atoms with van der Waals surface area (Å²) >= 11 is 0. The zero-order valence-electron chi connectivity index (χ0n) is 13.1. The van der Waals surface area contributed by atoms with Crippen LogP contribution in [0.3, 0.4) is 0 Å². The van der Waals surface area contributed by atoms with Gasteiger partial charge in [0.25, 0.3) is 0 Å². The van der Waals surface area contributed by atoms with Crippen LogP contribution < -0.4 is 4.90 Å². The molecule has 2 aliphatic carbocycles. The Bertz CT molecular complexity index is 313. The van der Waals surface area contributed by atoms with E-state index in [9.17, 15) is 0 Å². The molecular weight excluding hydrogens is 208 g/mol. The summed E-state index contributed by atoms with van der Waals surface area (Å²) in [5, 5.41) is 0. The average Bonchev–Trinajstić information content (AvgIpc) is 2.44. The molecule has 2 aliphatic rings. The van der Waals surface area contributed by atoms with Crippen LogP contribution in [-0.2, 0) is 0 Å². The van der Waals surface area contributed by atoms with Gasteiger partial charge in [0, 0.05) is 11.3 Å². The van der Waals surface area contributed by atoms with Gasteiger partial charge in [-0.05, 0) is 18.3 Å². The number of nitrogens with zero attached hydrogens (tertiary/aromatic N) is 1. The lowest BCUT2D eigenvalue weighted by Gasteiger charge is -2.47. The Balaban J connectivity index is 2.50. The summed E-state index contributed by atoms with van der Waals surface area (Å²) in [7, 11) is 11.9. The zero-order valence-corrected chi connectivity index (χ0v) is 13.1. The SMILES string of the molecule is C[NH+](C)C1C2CCC(C)(C1[N+](C)(C)C)C2(C)C. The lowest BCUT2D eigenvalue weighted by Crippen LogP contribution is -3.13. The highest BCUT2D eigenvalue weighted by atomic mass is 15.4. The van der Waals surface area contributed by atoms with Crippen molar-refractivity contribution < 1.29 is 9.38 Å². The maximum absolute atomic E-state index is 2.56. The standard InChI is InChI=1S/C15H31N2/c1-14(2)11-9-10-15(14,3)13(17(6,7)8)12(11)16(4)5/h11-13H,9-10H2,1-8H3/q+1/p+1. The molecule has 2 bridgehead atoms. The molecule has 0 aromatic rings. The van der Waals surface area contributed by atoms with E-state index in [1.54, 1.807) is 4.90 Å². The Morgan fingerprint density at radius 1 is 1.06 bits per heavy atom. The maximum atomic E-state index is 2.56. The van der Waals surface area contributed by atoms with E-state index in [-0.39, 0.29) is 0 Å². The monoisotopic (exact) mass is 240 g/mol. The van der Waals surface area contributed by atoms with Gasteiger partial charge in [0.1, 0.15) is 12.1 Å². The molecule has 0 aromatic carbocycles. The summed E-state index contributed by atoms with van der Waals surface area (Å²) in [6.45, 7) is 7.61. The third-order valence-electron chi connectivity index (χ3n) is 6.30. The van der Waals surface area contributed by atoms with Gasteiger partial charge in [-0.2, -0.15) is 0 Å². The second-order valence-electron chi connectivity index (χ2n) is 8.45. The lowest BCUT2D eigenvalue weighted by molar-refractivity contribution is -0.967. The van der Waals surface area contributed by atoms with E-state index < -0.39 is 0 Å². The van der Waals surface area contributed by atoms with E-state index in [4.69, 9.17) is 0 Å². The van der Waals surface area contributed by atoms with Crippen LogP contribution in [0.15, 0.2) is 0 Å². The molecule has 0 aliphatic heterocycles. The van der Waals surface area contributed by atoms with Crippen molar-refractivity contribution in [1.82, 2.24) is 0 Å². The molecule has 0 radical (unpaired) electrons. The maximum Gasteiger partial charge on any atom is 0.147 e. The first-order chi connectivity index (χ1) is 7.53. The highest BCUT2D eigenvalue weighted by molar-refractivity contribution is 5.15. The predicted molar refractivity (Wildman–Crippen MR) is 73.0 cm³/mol. The smallest absolute Gasteiger partial charge is 0.147 e. The molecule has 2 fully saturated rings. The molecular formula is C15H32N2+2. The van der Waals surface area contributed by atoms with Crippen molar-refractivity contribution in [2.75, 3.05) is 35.2 Å². The molecule has 0 heterocycles. The minimum atomic E-state index is 0.505. The number of rotatable bonds is 2. The lowest BCUT2D eigenvalue weighted by atomic mass is 9.68. The highest BCUT2D eigenvalue weighted by Crippen LogP contribution is 2.66. The summed E-state index contributed by atoms with van der Waals surface area (Å²) in [5.41, 5.74) is 1.02. The third-order valence-corrected chi connectivity index (χ3v) is 6.30. The molecule has 0 aromatic heterocycles. The second kappa shape index (κ2) is 3.48. The van der Waals surface area contributed by atoms with E-state index in [0.717, 1.165) is 22.5 Å². The van der Waals surface area contributed by atoms with Crippen LogP contribution in [0.5, 0.6) is 0 Å². The third kappa shape index (κ3) is 1.53. The first kappa shape index (κ1) is 13.4. The van der Waals surface area contributed by atoms with Crippen LogP contribution >= 0.6 is 0 Å². The number of quaternary nitrogens is 2. The van der Waals surface area contributed by atoms with Gasteiger partial charge in [0.05, 0.1) is 35.2 Å². The Labute approximate surface area is 108 Å². The van der Waals surface area contributed by atoms with Crippen LogP contribution in [0.2, 0.25) is 0 Å². The van der Waals surface area contributed by atoms with E-state index in [2.05, 4.69) is 56.0 Å². The number of nitrogens with one attached hydrogen (secondary N) is 1. The molecule has 0 saturated heterocycles. The molecule has 0 amide bonds. The Kier molecular flexibility index (Phi) is 2.73. The molecule has 2 nitrogen and oxygen atoms in total. The van der Waals surface area contributed by atoms with Crippen molar-refractivity contribution >= 4 is 0 Å². The van der Waals surface area contributed by atoms with E-state index >= 15 is 0 Å². The molecule has 2 rings (SSSR count). The van der Waals surface area contributed by atoms with Crippen molar-refractivity contribution in [3.8, 4) is 0 Å². The van der Waals surface area contributed by atoms with E-state index in [1.165, 1.54) is 12.8 Å². The summed E-state index contributed by atoms with van der Waals surface area (Å²) in [6, 6.07) is 1.62. The van der Waals surface area contributed by atoms with E-state index in [0.29, 0.717) is 10.8 Å². The van der Waals surface area contributed by atoms with E-state index in [1.807, 2.05) is 0 Å². The summed E-state index contributed by atoms with van der Waals surface area (Å²) in [6.07, 6.45) is 2.87. The first-order valence-electron chi connectivity index (χ1n) is 7.14. The fourth-order valence-electron chi connectivity index (χ4n) is 5.39. The normalized spacial score (nSPS) is 44.6. The highest BCUT2D eigenvalue weighted by Gasteiger charge is 2.72. The second-order valence-corrected chi connectivity index (χ2v) is 8.45. The summed E-state index contributed by atoms with van der Waals surface area (Å²) in [4.78, 5) is 1.66. The van der Waals surface area contributed by atoms with Crippen molar-refractivity contribution in [3.63, 3.8) is 0 Å². The van der Waals surface area contributed by atoms with Crippen LogP contribution in [-0.4, -0.2) is 51.8 Å². The first-order valence-corrected chi connectivity index (χ1v) is 7.14. The molecule has 2 saturated carbocycles. The van der Waals surface area contributed by atoms with Gasteiger partial charge in [-0.1, -0.05) is 20.8 Å². The van der Waals surface area contributed by atoms with Gasteiger partial charge >= 0.3 is 0 Å². The van der Waals surface area contributed by atoms with Gasteiger partial charge in [-0.25, -0.2) is 0 Å². The molecule has 0 spiro atoms. The zero-order chi connectivity index (χ0) is 13.2. The Morgan fingerprint density at radius 3 is 1.94 bits per heavy atom. The van der Waals surface area contributed by atoms with Gasteiger partial charge in [0.2, 0.25) is 0 Å². The number of hydrogen-bond donors (Lipinski definition) is 1. The predicted octanol–water partition coefficient (Wildman–Crippen LogP) is 1.03. The molecule has 100 valence electrons.